The summed E-state index contributed by atoms with van der Waals surface area (Å²) in [6.45, 7) is 4.53. The fraction of sp³-hybridized carbons (Fsp3) is 0.476. The first kappa shape index (κ1) is 18.5. The summed E-state index contributed by atoms with van der Waals surface area (Å²) >= 11 is 0. The molecule has 1 aromatic carbocycles. The molecule has 0 aliphatic carbocycles. The summed E-state index contributed by atoms with van der Waals surface area (Å²) in [7, 11) is 1.77. The molecule has 0 saturated carbocycles. The van der Waals surface area contributed by atoms with Gasteiger partial charge < -0.3 is 14.5 Å². The van der Waals surface area contributed by atoms with Crippen molar-refractivity contribution < 1.29 is 14.3 Å². The SMILES string of the molecule is C[C@@H](CN1CC2(CCN(C(=O)c3ccnn3C)CC2)OC1=O)c1ccccc1. The number of benzene rings is 1. The highest BCUT2D eigenvalue weighted by Gasteiger charge is 2.47. The molecule has 3 heterocycles. The van der Waals surface area contributed by atoms with Crippen molar-refractivity contribution in [1.82, 2.24) is 19.6 Å². The highest BCUT2D eigenvalue weighted by atomic mass is 16.6. The van der Waals surface area contributed by atoms with E-state index < -0.39 is 5.60 Å². The monoisotopic (exact) mass is 382 g/mol. The molecule has 148 valence electrons. The molecule has 0 bridgehead atoms. The minimum Gasteiger partial charge on any atom is -0.441 e. The van der Waals surface area contributed by atoms with Crippen LogP contribution in [0.1, 0.15) is 41.7 Å². The normalized spacial score (nSPS) is 19.7. The van der Waals surface area contributed by atoms with Crippen LogP contribution in [0, 0.1) is 0 Å². The number of carbonyl (C=O) groups excluding carboxylic acids is 2. The number of piperidine rings is 1. The van der Waals surface area contributed by atoms with E-state index in [1.165, 1.54) is 5.56 Å². The van der Waals surface area contributed by atoms with Crippen LogP contribution < -0.4 is 0 Å². The molecular weight excluding hydrogens is 356 g/mol. The van der Waals surface area contributed by atoms with Crippen molar-refractivity contribution >= 4 is 12.0 Å². The predicted molar refractivity (Wildman–Crippen MR) is 104 cm³/mol. The number of aryl methyl sites for hydroxylation is 1. The third-order valence-electron chi connectivity index (χ3n) is 5.91. The number of aromatic nitrogens is 2. The first-order valence-electron chi connectivity index (χ1n) is 9.78. The lowest BCUT2D eigenvalue weighted by atomic mass is 9.90. The number of ether oxygens (including phenoxy) is 1. The summed E-state index contributed by atoms with van der Waals surface area (Å²) in [4.78, 5) is 28.8. The number of hydrogen-bond donors (Lipinski definition) is 0. The summed E-state index contributed by atoms with van der Waals surface area (Å²) in [5.41, 5.74) is 1.32. The van der Waals surface area contributed by atoms with Crippen LogP contribution in [-0.4, -0.2) is 63.4 Å². The van der Waals surface area contributed by atoms with Crippen LogP contribution in [0.5, 0.6) is 0 Å². The first-order valence-corrected chi connectivity index (χ1v) is 9.78. The van der Waals surface area contributed by atoms with Crippen LogP contribution in [-0.2, 0) is 11.8 Å². The van der Waals surface area contributed by atoms with Gasteiger partial charge in [-0.15, -0.1) is 0 Å². The highest BCUT2D eigenvalue weighted by molar-refractivity contribution is 5.92. The van der Waals surface area contributed by atoms with Gasteiger partial charge in [-0.25, -0.2) is 4.79 Å². The van der Waals surface area contributed by atoms with Crippen molar-refractivity contribution in [3.8, 4) is 0 Å². The summed E-state index contributed by atoms with van der Waals surface area (Å²) in [5.74, 6) is 0.226. The Hall–Kier alpha value is -2.83. The third kappa shape index (κ3) is 3.48. The fourth-order valence-corrected chi connectivity index (χ4v) is 4.17. The van der Waals surface area contributed by atoms with Crippen molar-refractivity contribution in [1.29, 1.82) is 0 Å². The van der Waals surface area contributed by atoms with Crippen LogP contribution in [0.3, 0.4) is 0 Å². The van der Waals surface area contributed by atoms with Gasteiger partial charge in [-0.2, -0.15) is 5.10 Å². The molecule has 2 aromatic rings. The number of nitrogens with zero attached hydrogens (tertiary/aromatic N) is 4. The Morgan fingerprint density at radius 2 is 1.93 bits per heavy atom. The molecule has 0 radical (unpaired) electrons. The van der Waals surface area contributed by atoms with Crippen LogP contribution >= 0.6 is 0 Å². The molecule has 1 spiro atoms. The maximum Gasteiger partial charge on any atom is 0.410 e. The molecule has 1 atom stereocenters. The molecule has 4 rings (SSSR count). The zero-order chi connectivity index (χ0) is 19.7. The van der Waals surface area contributed by atoms with Gasteiger partial charge in [0.1, 0.15) is 11.3 Å². The van der Waals surface area contributed by atoms with E-state index in [1.807, 2.05) is 28.0 Å². The van der Waals surface area contributed by atoms with Gasteiger partial charge in [0, 0.05) is 45.7 Å². The molecule has 2 aliphatic rings. The second-order valence-corrected chi connectivity index (χ2v) is 7.88. The topological polar surface area (TPSA) is 67.7 Å². The standard InChI is InChI=1S/C21H26N4O3/c1-16(17-6-4-3-5-7-17)14-25-15-21(28-20(25)27)9-12-24(13-10-21)19(26)18-8-11-22-23(18)2/h3-8,11,16H,9-10,12-15H2,1-2H3/t16-/m0/s1. The molecule has 2 aliphatic heterocycles. The smallest absolute Gasteiger partial charge is 0.410 e. The van der Waals surface area contributed by atoms with E-state index >= 15 is 0 Å². The van der Waals surface area contributed by atoms with Gasteiger partial charge in [0.2, 0.25) is 0 Å². The van der Waals surface area contributed by atoms with Crippen LogP contribution in [0.15, 0.2) is 42.6 Å². The fourth-order valence-electron chi connectivity index (χ4n) is 4.17. The molecule has 2 fully saturated rings. The van der Waals surface area contributed by atoms with Gasteiger partial charge in [-0.05, 0) is 17.5 Å². The minimum absolute atomic E-state index is 0.0197. The lowest BCUT2D eigenvalue weighted by Crippen LogP contribution is -2.49. The van der Waals surface area contributed by atoms with E-state index in [4.69, 9.17) is 4.74 Å². The number of likely N-dealkylation sites (tertiary alicyclic amines) is 1. The van der Waals surface area contributed by atoms with Gasteiger partial charge in [-0.3, -0.25) is 9.48 Å². The Kier molecular flexibility index (Phi) is 4.83. The molecule has 0 unspecified atom stereocenters. The van der Waals surface area contributed by atoms with Crippen molar-refractivity contribution in [3.05, 3.63) is 53.9 Å². The Bertz CT molecular complexity index is 856. The first-order chi connectivity index (χ1) is 13.5. The van der Waals surface area contributed by atoms with Crippen molar-refractivity contribution in [2.75, 3.05) is 26.2 Å². The second-order valence-electron chi connectivity index (χ2n) is 7.88. The number of hydrogen-bond acceptors (Lipinski definition) is 4. The molecular formula is C21H26N4O3. The quantitative estimate of drug-likeness (QED) is 0.815. The number of rotatable bonds is 4. The highest BCUT2D eigenvalue weighted by Crippen LogP contribution is 2.34. The lowest BCUT2D eigenvalue weighted by molar-refractivity contribution is 0.00284. The molecule has 1 aromatic heterocycles. The average Bonchev–Trinajstić information content (AvgIpc) is 3.26. The van der Waals surface area contributed by atoms with Crippen molar-refractivity contribution in [2.45, 2.75) is 31.3 Å². The van der Waals surface area contributed by atoms with Gasteiger partial charge >= 0.3 is 6.09 Å². The van der Waals surface area contributed by atoms with E-state index in [9.17, 15) is 9.59 Å². The van der Waals surface area contributed by atoms with Crippen molar-refractivity contribution in [2.24, 2.45) is 7.05 Å². The maximum absolute atomic E-state index is 12.7. The van der Waals surface area contributed by atoms with Gasteiger partial charge in [0.25, 0.3) is 5.91 Å². The van der Waals surface area contributed by atoms with Gasteiger partial charge in [0.05, 0.1) is 6.54 Å². The number of carbonyl (C=O) groups is 2. The molecule has 2 amide bonds. The Labute approximate surface area is 164 Å². The van der Waals surface area contributed by atoms with Crippen molar-refractivity contribution in [3.63, 3.8) is 0 Å². The molecule has 7 nitrogen and oxygen atoms in total. The van der Waals surface area contributed by atoms with Crippen LogP contribution in [0.2, 0.25) is 0 Å². The summed E-state index contributed by atoms with van der Waals surface area (Å²) in [6, 6.07) is 11.9. The summed E-state index contributed by atoms with van der Waals surface area (Å²) in [6.07, 6.45) is 2.72. The largest absolute Gasteiger partial charge is 0.441 e. The zero-order valence-electron chi connectivity index (χ0n) is 16.4. The van der Waals surface area contributed by atoms with E-state index in [-0.39, 0.29) is 17.9 Å². The minimum atomic E-state index is -0.475. The maximum atomic E-state index is 12.7. The Morgan fingerprint density at radius 1 is 1.21 bits per heavy atom. The summed E-state index contributed by atoms with van der Waals surface area (Å²) in [5, 5.41) is 4.07. The van der Waals surface area contributed by atoms with E-state index in [2.05, 4.69) is 24.2 Å². The van der Waals surface area contributed by atoms with Crippen LogP contribution in [0.4, 0.5) is 4.79 Å². The summed E-state index contributed by atoms with van der Waals surface area (Å²) < 4.78 is 7.41. The van der Waals surface area contributed by atoms with Gasteiger partial charge in [-0.1, -0.05) is 37.3 Å². The van der Waals surface area contributed by atoms with Gasteiger partial charge in [0.15, 0.2) is 0 Å². The lowest BCUT2D eigenvalue weighted by Gasteiger charge is -2.37. The second kappa shape index (κ2) is 7.30. The third-order valence-corrected chi connectivity index (χ3v) is 5.91. The number of amides is 2. The Balaban J connectivity index is 1.36. The van der Waals surface area contributed by atoms with E-state index in [0.717, 1.165) is 0 Å². The molecule has 7 heteroatoms. The predicted octanol–water partition coefficient (Wildman–Crippen LogP) is 2.65. The van der Waals surface area contributed by atoms with E-state index in [1.54, 1.807) is 24.0 Å². The average molecular weight is 382 g/mol. The zero-order valence-corrected chi connectivity index (χ0v) is 16.4. The molecule has 2 saturated heterocycles. The molecule has 0 N–H and O–H groups in total. The van der Waals surface area contributed by atoms with E-state index in [0.29, 0.717) is 44.7 Å². The Morgan fingerprint density at radius 3 is 2.57 bits per heavy atom. The molecule has 28 heavy (non-hydrogen) atoms. The van der Waals surface area contributed by atoms with Crippen LogP contribution in [0.25, 0.3) is 0 Å².